The third-order valence-electron chi connectivity index (χ3n) is 6.04. The summed E-state index contributed by atoms with van der Waals surface area (Å²) >= 11 is 7.10. The number of hydrogen-bond acceptors (Lipinski definition) is 7. The molecule has 2 aromatic rings. The van der Waals surface area contributed by atoms with Crippen LogP contribution in [0.25, 0.3) is 0 Å². The van der Waals surface area contributed by atoms with Crippen LogP contribution < -0.4 is 25.2 Å². The summed E-state index contributed by atoms with van der Waals surface area (Å²) in [6.45, 7) is 2.45. The number of carbonyl (C=O) groups is 2. The molecular weight excluding hydrogens is 440 g/mol. The molecule has 0 radical (unpaired) electrons. The van der Waals surface area contributed by atoms with E-state index >= 15 is 0 Å². The van der Waals surface area contributed by atoms with E-state index in [1.54, 1.807) is 17.0 Å². The minimum absolute atomic E-state index is 0.206. The highest BCUT2D eigenvalue weighted by Crippen LogP contribution is 2.41. The molecule has 0 spiro atoms. The molecule has 2 fully saturated rings. The van der Waals surface area contributed by atoms with Crippen LogP contribution in [0.2, 0.25) is 4.34 Å². The van der Waals surface area contributed by atoms with E-state index in [9.17, 15) is 9.59 Å². The Balaban J connectivity index is 1.28. The van der Waals surface area contributed by atoms with Gasteiger partial charge in [-0.1, -0.05) is 11.6 Å². The van der Waals surface area contributed by atoms with Crippen LogP contribution in [0, 0.1) is 0 Å². The Morgan fingerprint density at radius 3 is 2.94 bits per heavy atom. The fraction of sp³-hybridized carbons (Fsp3) is 0.429. The minimum Gasteiger partial charge on any atom is -0.489 e. The third-order valence-corrected chi connectivity index (χ3v) is 7.27. The third kappa shape index (κ3) is 3.81. The molecule has 3 aliphatic rings. The lowest BCUT2D eigenvalue weighted by atomic mass is 10.1. The van der Waals surface area contributed by atoms with Crippen LogP contribution in [0.3, 0.4) is 0 Å². The zero-order valence-corrected chi connectivity index (χ0v) is 18.5. The zero-order valence-electron chi connectivity index (χ0n) is 17.0. The number of nitrogens with zero attached hydrogens (tertiary/aromatic N) is 2. The van der Waals surface area contributed by atoms with Crippen molar-refractivity contribution >= 4 is 46.3 Å². The highest BCUT2D eigenvalue weighted by molar-refractivity contribution is 7.18. The second-order valence-electron chi connectivity index (χ2n) is 7.86. The maximum absolute atomic E-state index is 12.6. The molecule has 3 atom stereocenters. The van der Waals surface area contributed by atoms with Gasteiger partial charge in [0.2, 0.25) is 0 Å². The molecule has 4 heterocycles. The predicted molar refractivity (Wildman–Crippen MR) is 120 cm³/mol. The molecule has 0 bridgehead atoms. The van der Waals surface area contributed by atoms with Crippen LogP contribution in [-0.4, -0.2) is 63.5 Å². The second-order valence-corrected chi connectivity index (χ2v) is 9.57. The van der Waals surface area contributed by atoms with Crippen molar-refractivity contribution in [3.05, 3.63) is 39.5 Å². The highest BCUT2D eigenvalue weighted by Gasteiger charge is 2.46. The van der Waals surface area contributed by atoms with Crippen molar-refractivity contribution in [3.63, 3.8) is 0 Å². The summed E-state index contributed by atoms with van der Waals surface area (Å²) in [6.07, 6.45) is 0.187. The van der Waals surface area contributed by atoms with Gasteiger partial charge < -0.3 is 25.0 Å². The minimum atomic E-state index is -0.491. The van der Waals surface area contributed by atoms with Crippen LogP contribution in [-0.2, 0) is 4.74 Å². The standard InChI is InChI=1S/C21H23ClN4O4S/c1-23-12-6-7-25(10-12)13-2-3-14-16(8-13)29-11-15-17(30-21(28)26(14)15)9-24-20(27)18-4-5-19(22)31-18/h2-5,8,12,15,17,23H,6-7,9-11H2,1H3,(H,24,27)/t12-,15+,17+/m1/s1. The number of thiophene rings is 1. The molecule has 0 saturated carbocycles. The van der Waals surface area contributed by atoms with Crippen LogP contribution in [0.1, 0.15) is 16.1 Å². The lowest BCUT2D eigenvalue weighted by molar-refractivity contribution is 0.0890. The summed E-state index contributed by atoms with van der Waals surface area (Å²) in [4.78, 5) is 29.4. The molecule has 10 heteroatoms. The number of benzene rings is 1. The smallest absolute Gasteiger partial charge is 0.415 e. The van der Waals surface area contributed by atoms with Gasteiger partial charge in [0.1, 0.15) is 24.5 Å². The van der Waals surface area contributed by atoms with Gasteiger partial charge in [0.15, 0.2) is 0 Å². The number of carbonyl (C=O) groups excluding carboxylic acids is 2. The first kappa shape index (κ1) is 20.4. The van der Waals surface area contributed by atoms with Gasteiger partial charge in [-0.2, -0.15) is 0 Å². The molecule has 2 saturated heterocycles. The van der Waals surface area contributed by atoms with E-state index in [-0.39, 0.29) is 18.5 Å². The van der Waals surface area contributed by atoms with Crippen molar-refractivity contribution in [2.24, 2.45) is 0 Å². The van der Waals surface area contributed by atoms with Gasteiger partial charge in [-0.25, -0.2) is 4.79 Å². The Labute approximate surface area is 189 Å². The second kappa shape index (κ2) is 8.22. The highest BCUT2D eigenvalue weighted by atomic mass is 35.5. The van der Waals surface area contributed by atoms with Gasteiger partial charge in [0.25, 0.3) is 5.91 Å². The van der Waals surface area contributed by atoms with Gasteiger partial charge in [0.05, 0.1) is 21.4 Å². The molecule has 31 heavy (non-hydrogen) atoms. The number of cyclic esters (lactones) is 1. The Morgan fingerprint density at radius 1 is 1.32 bits per heavy atom. The fourth-order valence-corrected chi connectivity index (χ4v) is 5.30. The normalized spacial score (nSPS) is 24.5. The lowest BCUT2D eigenvalue weighted by Gasteiger charge is -2.32. The predicted octanol–water partition coefficient (Wildman–Crippen LogP) is 2.72. The average molecular weight is 463 g/mol. The van der Waals surface area contributed by atoms with Crippen molar-refractivity contribution in [1.82, 2.24) is 10.6 Å². The maximum atomic E-state index is 12.6. The molecule has 0 unspecified atom stereocenters. The number of likely N-dealkylation sites (N-methyl/N-ethyl adjacent to an activating group) is 1. The first-order valence-electron chi connectivity index (χ1n) is 10.3. The van der Waals surface area contributed by atoms with Gasteiger partial charge in [-0.05, 0) is 37.7 Å². The summed E-state index contributed by atoms with van der Waals surface area (Å²) in [7, 11) is 1.98. The maximum Gasteiger partial charge on any atom is 0.415 e. The molecule has 0 aliphatic carbocycles. The first-order chi connectivity index (χ1) is 15.0. The van der Waals surface area contributed by atoms with E-state index < -0.39 is 12.2 Å². The average Bonchev–Trinajstić information content (AvgIpc) is 3.50. The molecule has 1 aromatic carbocycles. The fourth-order valence-electron chi connectivity index (χ4n) is 4.34. The van der Waals surface area contributed by atoms with Crippen LogP contribution in [0.15, 0.2) is 30.3 Å². The van der Waals surface area contributed by atoms with E-state index in [4.69, 9.17) is 21.1 Å². The van der Waals surface area contributed by atoms with Gasteiger partial charge in [-0.3, -0.25) is 9.69 Å². The molecule has 2 amide bonds. The van der Waals surface area contributed by atoms with Gasteiger partial charge >= 0.3 is 6.09 Å². The van der Waals surface area contributed by atoms with Crippen molar-refractivity contribution < 1.29 is 19.1 Å². The van der Waals surface area contributed by atoms with E-state index in [0.717, 1.165) is 25.2 Å². The molecule has 8 nitrogen and oxygen atoms in total. The van der Waals surface area contributed by atoms with E-state index in [1.807, 2.05) is 25.2 Å². The van der Waals surface area contributed by atoms with Crippen molar-refractivity contribution in [1.29, 1.82) is 0 Å². The summed E-state index contributed by atoms with van der Waals surface area (Å²) in [5, 5.41) is 6.15. The first-order valence-corrected chi connectivity index (χ1v) is 11.5. The van der Waals surface area contributed by atoms with Crippen molar-refractivity contribution in [2.75, 3.05) is 43.1 Å². The molecule has 164 valence electrons. The van der Waals surface area contributed by atoms with Gasteiger partial charge in [-0.15, -0.1) is 11.3 Å². The molecule has 2 N–H and O–H groups in total. The molecular formula is C21H23ClN4O4S. The summed E-state index contributed by atoms with van der Waals surface area (Å²) < 4.78 is 12.1. The van der Waals surface area contributed by atoms with E-state index in [2.05, 4.69) is 15.5 Å². The Bertz CT molecular complexity index is 1020. The Hall–Kier alpha value is -2.49. The molecule has 5 rings (SSSR count). The number of nitrogens with one attached hydrogen (secondary N) is 2. The largest absolute Gasteiger partial charge is 0.489 e. The number of fused-ring (bicyclic) bond motifs is 3. The zero-order chi connectivity index (χ0) is 21.5. The van der Waals surface area contributed by atoms with E-state index in [0.29, 0.717) is 33.3 Å². The van der Waals surface area contributed by atoms with E-state index in [1.165, 1.54) is 11.3 Å². The monoisotopic (exact) mass is 462 g/mol. The SMILES string of the molecule is CN[C@@H]1CCN(c2ccc3c(c2)OC[C@H]2[C@H](CNC(=O)c4ccc(Cl)s4)OC(=O)N32)C1. The number of ether oxygens (including phenoxy) is 2. The summed E-state index contributed by atoms with van der Waals surface area (Å²) in [6, 6.07) is 9.47. The number of rotatable bonds is 5. The molecule has 3 aliphatic heterocycles. The van der Waals surface area contributed by atoms with Gasteiger partial charge in [0, 0.05) is 30.9 Å². The summed E-state index contributed by atoms with van der Waals surface area (Å²) in [5.41, 5.74) is 1.79. The quantitative estimate of drug-likeness (QED) is 0.711. The van der Waals surface area contributed by atoms with Crippen molar-refractivity contribution in [3.8, 4) is 5.75 Å². The Kier molecular flexibility index (Phi) is 5.41. The van der Waals surface area contributed by atoms with Crippen LogP contribution >= 0.6 is 22.9 Å². The number of anilines is 2. The molecule has 1 aromatic heterocycles. The lowest BCUT2D eigenvalue weighted by Crippen LogP contribution is -2.47. The van der Waals surface area contributed by atoms with Crippen molar-refractivity contribution in [2.45, 2.75) is 24.6 Å². The summed E-state index contributed by atoms with van der Waals surface area (Å²) in [5.74, 6) is 0.440. The number of halogens is 1. The number of amides is 2. The topological polar surface area (TPSA) is 83.1 Å². The Morgan fingerprint density at radius 2 is 2.19 bits per heavy atom. The van der Waals surface area contributed by atoms with Crippen LogP contribution in [0.5, 0.6) is 5.75 Å². The van der Waals surface area contributed by atoms with Crippen LogP contribution in [0.4, 0.5) is 16.2 Å². The number of hydrogen-bond donors (Lipinski definition) is 2.